The highest BCUT2D eigenvalue weighted by atomic mass is 35.5. The van der Waals surface area contributed by atoms with Crippen molar-refractivity contribution in [1.29, 1.82) is 0 Å². The molecule has 7 heteroatoms. The van der Waals surface area contributed by atoms with E-state index >= 15 is 0 Å². The van der Waals surface area contributed by atoms with Crippen molar-refractivity contribution in [2.24, 2.45) is 0 Å². The van der Waals surface area contributed by atoms with Crippen LogP contribution in [0.5, 0.6) is 5.75 Å². The molecule has 1 aliphatic rings. The lowest BCUT2D eigenvalue weighted by Gasteiger charge is -2.35. The van der Waals surface area contributed by atoms with Crippen LogP contribution in [0.25, 0.3) is 0 Å². The molecule has 1 fully saturated rings. The van der Waals surface area contributed by atoms with E-state index in [2.05, 4.69) is 0 Å². The molecule has 21 heavy (non-hydrogen) atoms. The molecule has 0 spiro atoms. The van der Waals surface area contributed by atoms with E-state index in [9.17, 15) is 14.7 Å². The van der Waals surface area contributed by atoms with Gasteiger partial charge in [0.25, 0.3) is 5.91 Å². The lowest BCUT2D eigenvalue weighted by Crippen LogP contribution is -2.50. The lowest BCUT2D eigenvalue weighted by molar-refractivity contribution is -0.162. The first-order valence-corrected chi connectivity index (χ1v) is 6.84. The van der Waals surface area contributed by atoms with Crippen LogP contribution in [0.15, 0.2) is 18.2 Å². The number of hydrogen-bond acceptors (Lipinski definition) is 4. The third-order valence-electron chi connectivity index (χ3n) is 3.67. The molecule has 1 heterocycles. The molecule has 114 valence electrons. The SMILES string of the molecule is COc1cc(Cl)ccc1C(=O)N1CCC(O)(C(=O)O)CC1. The number of carbonyl (C=O) groups is 2. The molecule has 1 aromatic carbocycles. The summed E-state index contributed by atoms with van der Waals surface area (Å²) in [6.45, 7) is 0.348. The molecule has 0 atom stereocenters. The minimum Gasteiger partial charge on any atom is -0.496 e. The Balaban J connectivity index is 2.14. The third kappa shape index (κ3) is 3.11. The number of amides is 1. The first-order chi connectivity index (χ1) is 9.87. The lowest BCUT2D eigenvalue weighted by atomic mass is 9.91. The molecular formula is C14H16ClNO5. The van der Waals surface area contributed by atoms with E-state index in [1.165, 1.54) is 12.0 Å². The van der Waals surface area contributed by atoms with Crippen molar-refractivity contribution in [2.75, 3.05) is 20.2 Å². The van der Waals surface area contributed by atoms with E-state index in [4.69, 9.17) is 21.4 Å². The summed E-state index contributed by atoms with van der Waals surface area (Å²) in [4.78, 5) is 24.9. The van der Waals surface area contributed by atoms with Crippen molar-refractivity contribution >= 4 is 23.5 Å². The van der Waals surface area contributed by atoms with Crippen LogP contribution in [0.2, 0.25) is 5.02 Å². The first-order valence-electron chi connectivity index (χ1n) is 6.46. The van der Waals surface area contributed by atoms with Gasteiger partial charge in [0.05, 0.1) is 12.7 Å². The molecule has 0 unspecified atom stereocenters. The van der Waals surface area contributed by atoms with Gasteiger partial charge in [-0.05, 0) is 18.2 Å². The number of likely N-dealkylation sites (tertiary alicyclic amines) is 1. The van der Waals surface area contributed by atoms with Crippen LogP contribution in [0.1, 0.15) is 23.2 Å². The number of methoxy groups -OCH3 is 1. The van der Waals surface area contributed by atoms with Gasteiger partial charge >= 0.3 is 5.97 Å². The second-order valence-electron chi connectivity index (χ2n) is 4.97. The number of aliphatic hydroxyl groups is 1. The Labute approximate surface area is 126 Å². The minimum atomic E-state index is -1.75. The summed E-state index contributed by atoms with van der Waals surface area (Å²) in [5.41, 5.74) is -1.39. The van der Waals surface area contributed by atoms with Crippen molar-refractivity contribution in [3.05, 3.63) is 28.8 Å². The second-order valence-corrected chi connectivity index (χ2v) is 5.41. The van der Waals surface area contributed by atoms with Gasteiger partial charge in [-0.25, -0.2) is 4.79 Å². The molecule has 0 aromatic heterocycles. The first kappa shape index (κ1) is 15.6. The van der Waals surface area contributed by atoms with E-state index < -0.39 is 11.6 Å². The number of hydrogen-bond donors (Lipinski definition) is 2. The van der Waals surface area contributed by atoms with Crippen molar-refractivity contribution in [3.63, 3.8) is 0 Å². The zero-order valence-electron chi connectivity index (χ0n) is 11.5. The van der Waals surface area contributed by atoms with E-state index in [1.807, 2.05) is 0 Å². The number of nitrogens with zero attached hydrogens (tertiary/aromatic N) is 1. The highest BCUT2D eigenvalue weighted by Gasteiger charge is 2.40. The zero-order chi connectivity index (χ0) is 15.6. The molecule has 1 amide bonds. The van der Waals surface area contributed by atoms with Gasteiger partial charge in [-0.2, -0.15) is 0 Å². The summed E-state index contributed by atoms with van der Waals surface area (Å²) in [5, 5.41) is 19.3. The number of rotatable bonds is 3. The summed E-state index contributed by atoms with van der Waals surface area (Å²) in [7, 11) is 1.45. The predicted octanol–water partition coefficient (Wildman–Crippen LogP) is 1.40. The maximum absolute atomic E-state index is 12.4. The summed E-state index contributed by atoms with van der Waals surface area (Å²) in [6, 6.07) is 4.71. The predicted molar refractivity (Wildman–Crippen MR) is 75.7 cm³/mol. The average molecular weight is 314 g/mol. The maximum atomic E-state index is 12.4. The van der Waals surface area contributed by atoms with E-state index in [-0.39, 0.29) is 31.8 Å². The van der Waals surface area contributed by atoms with Crippen LogP contribution in [-0.2, 0) is 4.79 Å². The van der Waals surface area contributed by atoms with Gasteiger partial charge < -0.3 is 19.8 Å². The van der Waals surface area contributed by atoms with Gasteiger partial charge in [0, 0.05) is 31.0 Å². The Morgan fingerprint density at radius 3 is 2.48 bits per heavy atom. The Kier molecular flexibility index (Phi) is 4.39. The number of benzene rings is 1. The molecule has 0 saturated carbocycles. The molecule has 0 radical (unpaired) electrons. The number of ether oxygens (including phenoxy) is 1. The van der Waals surface area contributed by atoms with E-state index in [1.54, 1.807) is 18.2 Å². The Morgan fingerprint density at radius 1 is 1.33 bits per heavy atom. The number of carboxylic acid groups (broad SMARTS) is 1. The molecular weight excluding hydrogens is 298 g/mol. The molecule has 2 N–H and O–H groups in total. The Hall–Kier alpha value is -1.79. The van der Waals surface area contributed by atoms with Crippen molar-refractivity contribution < 1.29 is 24.5 Å². The third-order valence-corrected chi connectivity index (χ3v) is 3.90. The fraction of sp³-hybridized carbons (Fsp3) is 0.429. The molecule has 1 aliphatic heterocycles. The van der Waals surface area contributed by atoms with E-state index in [0.29, 0.717) is 16.3 Å². The number of halogens is 1. The monoisotopic (exact) mass is 313 g/mol. The number of piperidine rings is 1. The molecule has 0 aliphatic carbocycles. The number of aliphatic carboxylic acids is 1. The quantitative estimate of drug-likeness (QED) is 0.881. The summed E-state index contributed by atoms with van der Waals surface area (Å²) < 4.78 is 5.14. The molecule has 1 aromatic rings. The number of carbonyl (C=O) groups excluding carboxylic acids is 1. The smallest absolute Gasteiger partial charge is 0.335 e. The highest BCUT2D eigenvalue weighted by Crippen LogP contribution is 2.28. The summed E-state index contributed by atoms with van der Waals surface area (Å²) >= 11 is 5.86. The normalized spacial score (nSPS) is 17.4. The Morgan fingerprint density at radius 2 is 1.95 bits per heavy atom. The molecule has 0 bridgehead atoms. The zero-order valence-corrected chi connectivity index (χ0v) is 12.3. The van der Waals surface area contributed by atoms with Crippen molar-refractivity contribution in [2.45, 2.75) is 18.4 Å². The molecule has 2 rings (SSSR count). The van der Waals surface area contributed by atoms with Gasteiger partial charge in [0.1, 0.15) is 5.75 Å². The van der Waals surface area contributed by atoms with Crippen LogP contribution in [0, 0.1) is 0 Å². The maximum Gasteiger partial charge on any atom is 0.335 e. The highest BCUT2D eigenvalue weighted by molar-refractivity contribution is 6.30. The van der Waals surface area contributed by atoms with Crippen molar-refractivity contribution in [3.8, 4) is 5.75 Å². The average Bonchev–Trinajstić information content (AvgIpc) is 2.47. The van der Waals surface area contributed by atoms with Crippen LogP contribution in [0.3, 0.4) is 0 Å². The summed E-state index contributed by atoms with van der Waals surface area (Å²) in [6.07, 6.45) is 0.00789. The fourth-order valence-electron chi connectivity index (χ4n) is 2.31. The second kappa shape index (κ2) is 5.91. The fourth-order valence-corrected chi connectivity index (χ4v) is 2.47. The van der Waals surface area contributed by atoms with Gasteiger partial charge in [0.2, 0.25) is 0 Å². The van der Waals surface area contributed by atoms with Crippen molar-refractivity contribution in [1.82, 2.24) is 4.90 Å². The van der Waals surface area contributed by atoms with Gasteiger partial charge in [-0.3, -0.25) is 4.79 Å². The van der Waals surface area contributed by atoms with Gasteiger partial charge in [-0.15, -0.1) is 0 Å². The molecule has 1 saturated heterocycles. The largest absolute Gasteiger partial charge is 0.496 e. The van der Waals surface area contributed by atoms with Crippen LogP contribution >= 0.6 is 11.6 Å². The van der Waals surface area contributed by atoms with Crippen LogP contribution in [-0.4, -0.2) is 52.8 Å². The van der Waals surface area contributed by atoms with Crippen LogP contribution < -0.4 is 4.74 Å². The summed E-state index contributed by atoms with van der Waals surface area (Å²) in [5.74, 6) is -1.15. The Bertz CT molecular complexity index is 566. The van der Waals surface area contributed by atoms with E-state index in [0.717, 1.165) is 0 Å². The van der Waals surface area contributed by atoms with Gasteiger partial charge in [0.15, 0.2) is 5.60 Å². The molecule has 6 nitrogen and oxygen atoms in total. The standard InChI is InChI=1S/C14H16ClNO5/c1-21-11-8-9(15)2-3-10(11)12(17)16-6-4-14(20,5-7-16)13(18)19/h2-3,8,20H,4-7H2,1H3,(H,18,19). The van der Waals surface area contributed by atoms with Crippen LogP contribution in [0.4, 0.5) is 0 Å². The number of carboxylic acids is 1. The topological polar surface area (TPSA) is 87.1 Å². The van der Waals surface area contributed by atoms with Gasteiger partial charge in [-0.1, -0.05) is 11.6 Å². The minimum absolute atomic E-state index is 0.00395.